The molecule has 3 aliphatic rings. The van der Waals surface area contributed by atoms with Gasteiger partial charge in [0.2, 0.25) is 6.79 Å². The molecule has 0 aliphatic carbocycles. The minimum atomic E-state index is -1.01. The van der Waals surface area contributed by atoms with Crippen LogP contribution >= 0.6 is 0 Å². The Hall–Kier alpha value is -3.42. The van der Waals surface area contributed by atoms with Crippen LogP contribution in [0, 0.1) is 0 Å². The molecule has 2 aromatic carbocycles. The number of hydrogen-bond acceptors (Lipinski definition) is 6. The molecule has 5 rings (SSSR count). The number of nitrogens with zero attached hydrogens (tertiary/aromatic N) is 1. The van der Waals surface area contributed by atoms with Crippen LogP contribution in [0.2, 0.25) is 0 Å². The average molecular weight is 397 g/mol. The van der Waals surface area contributed by atoms with E-state index in [1.165, 1.54) is 14.2 Å². The van der Waals surface area contributed by atoms with Crippen molar-refractivity contribution < 1.29 is 33.6 Å². The fraction of sp³-hybridized carbons (Fsp3) is 0.333. The molecule has 8 nitrogen and oxygen atoms in total. The van der Waals surface area contributed by atoms with Gasteiger partial charge in [-0.25, -0.2) is 0 Å². The van der Waals surface area contributed by atoms with Gasteiger partial charge in [-0.05, 0) is 47.4 Å². The van der Waals surface area contributed by atoms with E-state index in [1.807, 2.05) is 12.1 Å². The van der Waals surface area contributed by atoms with Crippen molar-refractivity contribution in [3.8, 4) is 23.0 Å². The number of carbonyl (C=O) groups excluding carboxylic acids is 1. The standard InChI is InChI=1S/C21H19NO7/c1-26-14-7-12-13(8-15(14)27-2)20(23)22-4-3-10-5-16-17(29-9-28-16)6-11(10)19(22)18(12)21(24)25/h5-8,18-19H,3-4,9H2,1-2H3,(H,24,25)/t18-,19-/m1/s1. The van der Waals surface area contributed by atoms with Crippen molar-refractivity contribution in [2.45, 2.75) is 18.4 Å². The first-order chi connectivity index (χ1) is 14.0. The Morgan fingerprint density at radius 2 is 1.76 bits per heavy atom. The van der Waals surface area contributed by atoms with Crippen molar-refractivity contribution in [1.29, 1.82) is 0 Å². The lowest BCUT2D eigenvalue weighted by molar-refractivity contribution is -0.140. The summed E-state index contributed by atoms with van der Waals surface area (Å²) in [5, 5.41) is 10.2. The van der Waals surface area contributed by atoms with Crippen LogP contribution in [0.15, 0.2) is 24.3 Å². The number of rotatable bonds is 3. The molecule has 2 aromatic rings. The smallest absolute Gasteiger partial charge is 0.313 e. The lowest BCUT2D eigenvalue weighted by atomic mass is 9.76. The minimum absolute atomic E-state index is 0.133. The fourth-order valence-corrected chi connectivity index (χ4v) is 4.56. The van der Waals surface area contributed by atoms with Gasteiger partial charge in [-0.15, -0.1) is 0 Å². The summed E-state index contributed by atoms with van der Waals surface area (Å²) in [6, 6.07) is 6.23. The molecule has 0 saturated heterocycles. The fourth-order valence-electron chi connectivity index (χ4n) is 4.56. The third-order valence-corrected chi connectivity index (χ3v) is 5.87. The van der Waals surface area contributed by atoms with E-state index in [-0.39, 0.29) is 12.7 Å². The highest BCUT2D eigenvalue weighted by atomic mass is 16.7. The zero-order valence-corrected chi connectivity index (χ0v) is 15.9. The molecular formula is C21H19NO7. The van der Waals surface area contributed by atoms with E-state index in [9.17, 15) is 14.7 Å². The van der Waals surface area contributed by atoms with Crippen molar-refractivity contribution in [3.63, 3.8) is 0 Å². The Morgan fingerprint density at radius 3 is 2.45 bits per heavy atom. The third kappa shape index (κ3) is 2.45. The molecule has 3 aliphatic heterocycles. The molecule has 0 aromatic heterocycles. The maximum Gasteiger partial charge on any atom is 0.313 e. The number of carbonyl (C=O) groups is 2. The van der Waals surface area contributed by atoms with Gasteiger partial charge in [0.25, 0.3) is 5.91 Å². The number of benzene rings is 2. The second-order valence-corrected chi connectivity index (χ2v) is 7.21. The van der Waals surface area contributed by atoms with Crippen LogP contribution in [0.5, 0.6) is 23.0 Å². The van der Waals surface area contributed by atoms with Crippen molar-refractivity contribution in [2.75, 3.05) is 27.6 Å². The predicted molar refractivity (Wildman–Crippen MR) is 100.0 cm³/mol. The first kappa shape index (κ1) is 17.7. The van der Waals surface area contributed by atoms with Crippen LogP contribution in [0.4, 0.5) is 0 Å². The molecular weight excluding hydrogens is 378 g/mol. The van der Waals surface area contributed by atoms with Gasteiger partial charge in [0, 0.05) is 12.1 Å². The van der Waals surface area contributed by atoms with E-state index >= 15 is 0 Å². The number of aliphatic carboxylic acids is 1. The van der Waals surface area contributed by atoms with Gasteiger partial charge in [0.15, 0.2) is 23.0 Å². The van der Waals surface area contributed by atoms with E-state index in [0.29, 0.717) is 47.1 Å². The van der Waals surface area contributed by atoms with E-state index in [1.54, 1.807) is 17.0 Å². The molecule has 1 N–H and O–H groups in total. The van der Waals surface area contributed by atoms with Gasteiger partial charge in [-0.2, -0.15) is 0 Å². The summed E-state index contributed by atoms with van der Waals surface area (Å²) < 4.78 is 21.6. The molecule has 0 unspecified atom stereocenters. The van der Waals surface area contributed by atoms with Crippen molar-refractivity contribution in [1.82, 2.24) is 4.90 Å². The van der Waals surface area contributed by atoms with Crippen LogP contribution in [-0.2, 0) is 11.2 Å². The van der Waals surface area contributed by atoms with Crippen LogP contribution in [0.3, 0.4) is 0 Å². The quantitative estimate of drug-likeness (QED) is 0.850. The van der Waals surface area contributed by atoms with E-state index in [4.69, 9.17) is 18.9 Å². The van der Waals surface area contributed by atoms with E-state index < -0.39 is 17.9 Å². The van der Waals surface area contributed by atoms with Crippen LogP contribution in [-0.4, -0.2) is 49.4 Å². The Labute approximate surface area is 166 Å². The minimum Gasteiger partial charge on any atom is -0.493 e. The maximum absolute atomic E-state index is 13.3. The molecule has 0 bridgehead atoms. The topological polar surface area (TPSA) is 94.5 Å². The Kier molecular flexibility index (Phi) is 3.84. The first-order valence-corrected chi connectivity index (χ1v) is 9.25. The molecule has 8 heteroatoms. The third-order valence-electron chi connectivity index (χ3n) is 5.87. The number of methoxy groups -OCH3 is 2. The Bertz CT molecular complexity index is 1050. The van der Waals surface area contributed by atoms with Crippen LogP contribution in [0.1, 0.15) is 39.0 Å². The zero-order chi connectivity index (χ0) is 20.3. The molecule has 0 spiro atoms. The number of carboxylic acid groups (broad SMARTS) is 1. The summed E-state index contributed by atoms with van der Waals surface area (Å²) in [7, 11) is 2.96. The Morgan fingerprint density at radius 1 is 1.07 bits per heavy atom. The summed E-state index contributed by atoms with van der Waals surface area (Å²) in [6.07, 6.45) is 0.614. The second kappa shape index (κ2) is 6.30. The highest BCUT2D eigenvalue weighted by molar-refractivity contribution is 6.01. The van der Waals surface area contributed by atoms with E-state index in [0.717, 1.165) is 11.1 Å². The number of carboxylic acids is 1. The molecule has 0 saturated carbocycles. The molecule has 0 fully saturated rings. The van der Waals surface area contributed by atoms with Crippen molar-refractivity contribution >= 4 is 11.9 Å². The van der Waals surface area contributed by atoms with E-state index in [2.05, 4.69) is 0 Å². The second-order valence-electron chi connectivity index (χ2n) is 7.21. The predicted octanol–water partition coefficient (Wildman–Crippen LogP) is 2.35. The molecule has 2 atom stereocenters. The lowest BCUT2D eigenvalue weighted by Gasteiger charge is -2.44. The lowest BCUT2D eigenvalue weighted by Crippen LogP contribution is -2.48. The SMILES string of the molecule is COc1cc2c(cc1OC)[C@@H](C(=O)O)[C@H]1c3cc4c(cc3CCN1C2=O)OCO4. The summed E-state index contributed by atoms with van der Waals surface area (Å²) >= 11 is 0. The highest BCUT2D eigenvalue weighted by Gasteiger charge is 2.47. The number of fused-ring (bicyclic) bond motifs is 5. The molecule has 29 heavy (non-hydrogen) atoms. The van der Waals surface area contributed by atoms with Crippen LogP contribution in [0.25, 0.3) is 0 Å². The first-order valence-electron chi connectivity index (χ1n) is 9.25. The van der Waals surface area contributed by atoms with Crippen molar-refractivity contribution in [2.24, 2.45) is 0 Å². The van der Waals surface area contributed by atoms with Gasteiger partial charge in [0.05, 0.1) is 20.3 Å². The number of ether oxygens (including phenoxy) is 4. The summed E-state index contributed by atoms with van der Waals surface area (Å²) in [4.78, 5) is 27.4. The molecule has 0 radical (unpaired) electrons. The van der Waals surface area contributed by atoms with Gasteiger partial charge >= 0.3 is 5.97 Å². The number of amides is 1. The molecule has 3 heterocycles. The normalized spacial score (nSPS) is 21.2. The van der Waals surface area contributed by atoms with Crippen molar-refractivity contribution in [3.05, 3.63) is 46.5 Å². The maximum atomic E-state index is 13.3. The average Bonchev–Trinajstić information content (AvgIpc) is 3.18. The Balaban J connectivity index is 1.72. The van der Waals surface area contributed by atoms with Gasteiger partial charge in [-0.1, -0.05) is 0 Å². The summed E-state index contributed by atoms with van der Waals surface area (Å²) in [5.41, 5.74) is 2.50. The summed E-state index contributed by atoms with van der Waals surface area (Å²) in [5.74, 6) is -0.165. The molecule has 1 amide bonds. The van der Waals surface area contributed by atoms with Gasteiger partial charge in [0.1, 0.15) is 5.92 Å². The largest absolute Gasteiger partial charge is 0.493 e. The monoisotopic (exact) mass is 397 g/mol. The zero-order valence-electron chi connectivity index (χ0n) is 15.9. The number of hydrogen-bond donors (Lipinski definition) is 1. The highest BCUT2D eigenvalue weighted by Crippen LogP contribution is 2.50. The van der Waals surface area contributed by atoms with Gasteiger partial charge in [-0.3, -0.25) is 9.59 Å². The molecule has 150 valence electrons. The van der Waals surface area contributed by atoms with Gasteiger partial charge < -0.3 is 29.0 Å². The summed E-state index contributed by atoms with van der Waals surface area (Å²) in [6.45, 7) is 0.557. The van der Waals surface area contributed by atoms with Crippen LogP contribution < -0.4 is 18.9 Å².